The monoisotopic (exact) mass is 265 g/mol. The van der Waals surface area contributed by atoms with Crippen LogP contribution in [0, 0.1) is 31.3 Å². The predicted octanol–water partition coefficient (Wildman–Crippen LogP) is 3.77. The number of rotatable bonds is 2. The molecule has 1 nitrogen and oxygen atoms in total. The molecule has 0 saturated heterocycles. The van der Waals surface area contributed by atoms with E-state index in [0.29, 0.717) is 0 Å². The molecule has 1 atom stereocenters. The number of aryl methyl sites for hydroxylation is 2. The van der Waals surface area contributed by atoms with Gasteiger partial charge in [0.2, 0.25) is 0 Å². The molecule has 2 N–H and O–H groups in total. The molecule has 0 spiro atoms. The lowest BCUT2D eigenvalue weighted by Gasteiger charge is -2.15. The summed E-state index contributed by atoms with van der Waals surface area (Å²) < 4.78 is 40.8. The molecule has 0 heterocycles. The first-order chi connectivity index (χ1) is 8.90. The van der Waals surface area contributed by atoms with Crippen LogP contribution in [-0.2, 0) is 0 Å². The largest absolute Gasteiger partial charge is 0.320 e. The lowest BCUT2D eigenvalue weighted by molar-refractivity contribution is 0.552. The summed E-state index contributed by atoms with van der Waals surface area (Å²) in [4.78, 5) is 0. The van der Waals surface area contributed by atoms with E-state index in [1.807, 2.05) is 0 Å². The van der Waals surface area contributed by atoms with Gasteiger partial charge >= 0.3 is 0 Å². The first-order valence-electron chi connectivity index (χ1n) is 5.87. The summed E-state index contributed by atoms with van der Waals surface area (Å²) >= 11 is 0. The van der Waals surface area contributed by atoms with Crippen molar-refractivity contribution in [2.24, 2.45) is 5.73 Å². The summed E-state index contributed by atoms with van der Waals surface area (Å²) in [5, 5.41) is 0. The molecule has 0 amide bonds. The Morgan fingerprint density at radius 3 is 2.11 bits per heavy atom. The van der Waals surface area contributed by atoms with E-state index in [1.165, 1.54) is 25.1 Å². The van der Waals surface area contributed by atoms with Gasteiger partial charge in [0.15, 0.2) is 0 Å². The minimum Gasteiger partial charge on any atom is -0.320 e. The van der Waals surface area contributed by atoms with Crippen molar-refractivity contribution in [3.05, 3.63) is 70.0 Å². The fraction of sp³-hybridized carbons (Fsp3) is 0.200. The molecule has 4 heteroatoms. The van der Waals surface area contributed by atoms with Gasteiger partial charge in [0.1, 0.15) is 17.5 Å². The Bertz CT molecular complexity index is 623. The van der Waals surface area contributed by atoms with Crippen molar-refractivity contribution in [1.29, 1.82) is 0 Å². The first-order valence-corrected chi connectivity index (χ1v) is 5.87. The second-order valence-corrected chi connectivity index (χ2v) is 4.63. The molecule has 0 aliphatic heterocycles. The highest BCUT2D eigenvalue weighted by Gasteiger charge is 2.18. The zero-order valence-electron chi connectivity index (χ0n) is 10.7. The van der Waals surface area contributed by atoms with Crippen LogP contribution < -0.4 is 5.73 Å². The van der Waals surface area contributed by atoms with E-state index in [0.717, 1.165) is 11.6 Å². The minimum atomic E-state index is -0.958. The molecule has 2 aromatic rings. The number of halogens is 3. The standard InChI is InChI=1S/C15H14F3N/c1-8-3-4-10(13(17)5-8)15(19)11-6-9(2)12(16)7-14(11)18/h3-7,15H,19H2,1-2H3. The Labute approximate surface area is 109 Å². The van der Waals surface area contributed by atoms with Gasteiger partial charge in [-0.15, -0.1) is 0 Å². The van der Waals surface area contributed by atoms with Gasteiger partial charge in [0.25, 0.3) is 0 Å². The fourth-order valence-electron chi connectivity index (χ4n) is 1.97. The van der Waals surface area contributed by atoms with Crippen molar-refractivity contribution in [3.63, 3.8) is 0 Å². The number of hydrogen-bond acceptors (Lipinski definition) is 1. The molecule has 0 fully saturated rings. The minimum absolute atomic E-state index is 0.0849. The molecular formula is C15H14F3N. The number of nitrogens with two attached hydrogens (primary N) is 1. The van der Waals surface area contributed by atoms with Crippen molar-refractivity contribution in [1.82, 2.24) is 0 Å². The Kier molecular flexibility index (Phi) is 3.62. The Hall–Kier alpha value is -1.81. The van der Waals surface area contributed by atoms with Crippen LogP contribution >= 0.6 is 0 Å². The molecule has 0 saturated carbocycles. The Morgan fingerprint density at radius 2 is 1.47 bits per heavy atom. The summed E-state index contributed by atoms with van der Waals surface area (Å²) in [6, 6.07) is 5.69. The normalized spacial score (nSPS) is 12.5. The average molecular weight is 265 g/mol. The van der Waals surface area contributed by atoms with Gasteiger partial charge in [0, 0.05) is 17.2 Å². The van der Waals surface area contributed by atoms with Gasteiger partial charge in [-0.3, -0.25) is 0 Å². The lowest BCUT2D eigenvalue weighted by Crippen LogP contribution is -2.16. The van der Waals surface area contributed by atoms with Gasteiger partial charge in [-0.25, -0.2) is 13.2 Å². The number of benzene rings is 2. The van der Waals surface area contributed by atoms with Crippen LogP contribution in [0.1, 0.15) is 28.3 Å². The van der Waals surface area contributed by atoms with Crippen molar-refractivity contribution >= 4 is 0 Å². The summed E-state index contributed by atoms with van der Waals surface area (Å²) in [6.45, 7) is 3.26. The molecule has 100 valence electrons. The van der Waals surface area contributed by atoms with Gasteiger partial charge in [0.05, 0.1) is 6.04 Å². The van der Waals surface area contributed by atoms with E-state index >= 15 is 0 Å². The molecule has 0 aromatic heterocycles. The van der Waals surface area contributed by atoms with Gasteiger partial charge < -0.3 is 5.73 Å². The maximum Gasteiger partial charge on any atom is 0.131 e. The maximum atomic E-state index is 13.8. The highest BCUT2D eigenvalue weighted by molar-refractivity contribution is 5.37. The van der Waals surface area contributed by atoms with Crippen molar-refractivity contribution < 1.29 is 13.2 Å². The van der Waals surface area contributed by atoms with Gasteiger partial charge in [-0.05, 0) is 37.1 Å². The quantitative estimate of drug-likeness (QED) is 0.878. The van der Waals surface area contributed by atoms with Gasteiger partial charge in [-0.1, -0.05) is 12.1 Å². The van der Waals surface area contributed by atoms with Crippen LogP contribution in [0.15, 0.2) is 30.3 Å². The first kappa shape index (κ1) is 13.6. The number of hydrogen-bond donors (Lipinski definition) is 1. The van der Waals surface area contributed by atoms with E-state index in [4.69, 9.17) is 5.73 Å². The molecular weight excluding hydrogens is 251 g/mol. The van der Waals surface area contributed by atoms with E-state index in [-0.39, 0.29) is 16.7 Å². The molecule has 19 heavy (non-hydrogen) atoms. The van der Waals surface area contributed by atoms with E-state index in [2.05, 4.69) is 0 Å². The topological polar surface area (TPSA) is 26.0 Å². The molecule has 2 rings (SSSR count). The van der Waals surface area contributed by atoms with Crippen LogP contribution in [0.2, 0.25) is 0 Å². The zero-order valence-corrected chi connectivity index (χ0v) is 10.7. The van der Waals surface area contributed by atoms with Crippen molar-refractivity contribution in [2.75, 3.05) is 0 Å². The molecule has 0 bridgehead atoms. The molecule has 1 unspecified atom stereocenters. The van der Waals surface area contributed by atoms with Gasteiger partial charge in [-0.2, -0.15) is 0 Å². The molecule has 0 radical (unpaired) electrons. The second kappa shape index (κ2) is 5.05. The smallest absolute Gasteiger partial charge is 0.131 e. The fourth-order valence-corrected chi connectivity index (χ4v) is 1.97. The van der Waals surface area contributed by atoms with Crippen LogP contribution in [0.5, 0.6) is 0 Å². The zero-order chi connectivity index (χ0) is 14.2. The van der Waals surface area contributed by atoms with Crippen LogP contribution in [0.25, 0.3) is 0 Å². The van der Waals surface area contributed by atoms with E-state index in [1.54, 1.807) is 13.0 Å². The molecule has 2 aromatic carbocycles. The summed E-state index contributed by atoms with van der Waals surface area (Å²) in [5.74, 6) is -1.90. The van der Waals surface area contributed by atoms with E-state index < -0.39 is 23.5 Å². The average Bonchev–Trinajstić information content (AvgIpc) is 2.33. The van der Waals surface area contributed by atoms with E-state index in [9.17, 15) is 13.2 Å². The summed E-state index contributed by atoms with van der Waals surface area (Å²) in [6.07, 6.45) is 0. The third-order valence-electron chi connectivity index (χ3n) is 3.10. The third kappa shape index (κ3) is 2.63. The maximum absolute atomic E-state index is 13.8. The Balaban J connectivity index is 2.49. The Morgan fingerprint density at radius 1 is 0.842 bits per heavy atom. The lowest BCUT2D eigenvalue weighted by atomic mass is 9.96. The highest BCUT2D eigenvalue weighted by atomic mass is 19.1. The summed E-state index contributed by atoms with van der Waals surface area (Å²) in [5.41, 5.74) is 7.19. The molecule has 0 aliphatic carbocycles. The summed E-state index contributed by atoms with van der Waals surface area (Å²) in [7, 11) is 0. The predicted molar refractivity (Wildman–Crippen MR) is 68.3 cm³/mol. The van der Waals surface area contributed by atoms with Crippen molar-refractivity contribution in [3.8, 4) is 0 Å². The van der Waals surface area contributed by atoms with Crippen molar-refractivity contribution in [2.45, 2.75) is 19.9 Å². The third-order valence-corrected chi connectivity index (χ3v) is 3.10. The SMILES string of the molecule is Cc1ccc(C(N)c2cc(C)c(F)cc2F)c(F)c1. The van der Waals surface area contributed by atoms with Crippen LogP contribution in [0.3, 0.4) is 0 Å². The van der Waals surface area contributed by atoms with Crippen LogP contribution in [-0.4, -0.2) is 0 Å². The van der Waals surface area contributed by atoms with Crippen LogP contribution in [0.4, 0.5) is 13.2 Å². The second-order valence-electron chi connectivity index (χ2n) is 4.63. The molecule has 0 aliphatic rings. The highest BCUT2D eigenvalue weighted by Crippen LogP contribution is 2.26.